The maximum absolute atomic E-state index is 12.1. The van der Waals surface area contributed by atoms with Gasteiger partial charge in [-0.15, -0.1) is 0 Å². The molecule has 1 amide bonds. The molecule has 0 atom stereocenters. The van der Waals surface area contributed by atoms with Crippen molar-refractivity contribution >= 4 is 5.91 Å². The van der Waals surface area contributed by atoms with Gasteiger partial charge in [-0.2, -0.15) is 0 Å². The quantitative estimate of drug-likeness (QED) is 0.819. The molecule has 1 fully saturated rings. The highest BCUT2D eigenvalue weighted by molar-refractivity contribution is 5.75. The number of nitrogens with zero attached hydrogens (tertiary/aromatic N) is 1. The van der Waals surface area contributed by atoms with Gasteiger partial charge in [-0.1, -0.05) is 74.0 Å². The smallest absolute Gasteiger partial charge is 0.219 e. The van der Waals surface area contributed by atoms with Crippen molar-refractivity contribution in [2.24, 2.45) is 0 Å². The molecule has 2 aromatic rings. The van der Waals surface area contributed by atoms with Crippen molar-refractivity contribution in [2.45, 2.75) is 38.0 Å². The number of piperidine rings is 1. The van der Waals surface area contributed by atoms with E-state index in [9.17, 15) is 4.79 Å². The summed E-state index contributed by atoms with van der Waals surface area (Å²) in [6.07, 6.45) is 4.37. The lowest BCUT2D eigenvalue weighted by atomic mass is 9.73. The first-order valence-electron chi connectivity index (χ1n) is 9.85. The van der Waals surface area contributed by atoms with Crippen molar-refractivity contribution in [2.75, 3.05) is 26.2 Å². The predicted octanol–water partition coefficient (Wildman–Crippen LogP) is 3.98. The normalized spacial score (nSPS) is 15.6. The number of carbonyl (C=O) groups is 1. The summed E-state index contributed by atoms with van der Waals surface area (Å²) in [5, 5.41) is 3.19. The summed E-state index contributed by atoms with van der Waals surface area (Å²) in [6, 6.07) is 21.3. The fourth-order valence-corrected chi connectivity index (χ4v) is 4.00. The Morgan fingerprint density at radius 3 is 1.96 bits per heavy atom. The molecule has 0 aliphatic carbocycles. The van der Waals surface area contributed by atoms with Crippen molar-refractivity contribution in [1.29, 1.82) is 0 Å². The lowest BCUT2D eigenvalue weighted by Gasteiger charge is -2.41. The second-order valence-corrected chi connectivity index (χ2v) is 7.28. The minimum Gasteiger partial charge on any atom is -0.355 e. The molecule has 1 saturated heterocycles. The van der Waals surface area contributed by atoms with Crippen LogP contribution in [-0.4, -0.2) is 37.0 Å². The van der Waals surface area contributed by atoms with Gasteiger partial charge in [0.05, 0.1) is 5.41 Å². The van der Waals surface area contributed by atoms with Crippen molar-refractivity contribution in [3.8, 4) is 0 Å². The Kier molecular flexibility index (Phi) is 6.45. The molecule has 1 N–H and O–H groups in total. The SMILES string of the molecule is CCC(=O)NCC(CN1CCCCC1)(c1ccccc1)c1ccccc1. The Hall–Kier alpha value is -2.13. The van der Waals surface area contributed by atoms with E-state index in [4.69, 9.17) is 0 Å². The first-order valence-corrected chi connectivity index (χ1v) is 9.85. The van der Waals surface area contributed by atoms with E-state index >= 15 is 0 Å². The van der Waals surface area contributed by atoms with Crippen LogP contribution in [0.25, 0.3) is 0 Å². The summed E-state index contributed by atoms with van der Waals surface area (Å²) in [7, 11) is 0. The topological polar surface area (TPSA) is 32.3 Å². The van der Waals surface area contributed by atoms with Gasteiger partial charge in [0.15, 0.2) is 0 Å². The van der Waals surface area contributed by atoms with Gasteiger partial charge in [0.1, 0.15) is 0 Å². The van der Waals surface area contributed by atoms with Crippen LogP contribution in [0.5, 0.6) is 0 Å². The first-order chi connectivity index (χ1) is 12.7. The van der Waals surface area contributed by atoms with Gasteiger partial charge < -0.3 is 10.2 Å². The van der Waals surface area contributed by atoms with Crippen molar-refractivity contribution in [3.05, 3.63) is 71.8 Å². The van der Waals surface area contributed by atoms with Gasteiger partial charge in [-0.3, -0.25) is 4.79 Å². The van der Waals surface area contributed by atoms with Crippen molar-refractivity contribution in [3.63, 3.8) is 0 Å². The Labute approximate surface area is 157 Å². The third-order valence-corrected chi connectivity index (χ3v) is 5.50. The van der Waals surface area contributed by atoms with Crippen LogP contribution in [0.1, 0.15) is 43.7 Å². The molecule has 3 rings (SSSR count). The molecule has 2 aromatic carbocycles. The van der Waals surface area contributed by atoms with Crippen LogP contribution in [0.2, 0.25) is 0 Å². The molecule has 3 heteroatoms. The average Bonchev–Trinajstić information content (AvgIpc) is 2.73. The van der Waals surface area contributed by atoms with Crippen LogP contribution in [0.15, 0.2) is 60.7 Å². The van der Waals surface area contributed by atoms with E-state index in [0.717, 1.165) is 19.6 Å². The maximum Gasteiger partial charge on any atom is 0.219 e. The van der Waals surface area contributed by atoms with Crippen LogP contribution < -0.4 is 5.32 Å². The number of benzene rings is 2. The number of carbonyl (C=O) groups excluding carboxylic acids is 1. The van der Waals surface area contributed by atoms with E-state index in [1.165, 1.54) is 30.4 Å². The minimum absolute atomic E-state index is 0.111. The minimum atomic E-state index is -0.231. The van der Waals surface area contributed by atoms with E-state index < -0.39 is 0 Å². The molecule has 3 nitrogen and oxygen atoms in total. The third-order valence-electron chi connectivity index (χ3n) is 5.50. The third kappa shape index (κ3) is 4.34. The molecule has 0 unspecified atom stereocenters. The highest BCUT2D eigenvalue weighted by Crippen LogP contribution is 2.34. The van der Waals surface area contributed by atoms with E-state index in [1.54, 1.807) is 0 Å². The molecule has 1 aliphatic heterocycles. The predicted molar refractivity (Wildman–Crippen MR) is 107 cm³/mol. The molecule has 0 spiro atoms. The second-order valence-electron chi connectivity index (χ2n) is 7.28. The molecule has 26 heavy (non-hydrogen) atoms. The van der Waals surface area contributed by atoms with Crippen LogP contribution >= 0.6 is 0 Å². The Morgan fingerprint density at radius 1 is 0.923 bits per heavy atom. The molecular weight excluding hydrogens is 320 g/mol. The summed E-state index contributed by atoms with van der Waals surface area (Å²) >= 11 is 0. The van der Waals surface area contributed by atoms with Gasteiger partial charge in [0.2, 0.25) is 5.91 Å². The number of hydrogen-bond acceptors (Lipinski definition) is 2. The first kappa shape index (κ1) is 18.7. The molecule has 0 saturated carbocycles. The molecule has 1 aliphatic rings. The van der Waals surface area contributed by atoms with Gasteiger partial charge in [0, 0.05) is 19.5 Å². The lowest BCUT2D eigenvalue weighted by molar-refractivity contribution is -0.121. The maximum atomic E-state index is 12.1. The van der Waals surface area contributed by atoms with Crippen LogP contribution in [0, 0.1) is 0 Å². The Balaban J connectivity index is 2.01. The number of rotatable bonds is 7. The average molecular weight is 351 g/mol. The molecule has 138 valence electrons. The van der Waals surface area contributed by atoms with E-state index in [2.05, 4.69) is 70.9 Å². The monoisotopic (exact) mass is 350 g/mol. The summed E-state index contributed by atoms with van der Waals surface area (Å²) in [4.78, 5) is 14.7. The molecular formula is C23H30N2O. The van der Waals surface area contributed by atoms with E-state index in [0.29, 0.717) is 13.0 Å². The summed E-state index contributed by atoms with van der Waals surface area (Å²) < 4.78 is 0. The lowest BCUT2D eigenvalue weighted by Crippen LogP contribution is -2.50. The van der Waals surface area contributed by atoms with Crippen molar-refractivity contribution < 1.29 is 4.79 Å². The summed E-state index contributed by atoms with van der Waals surface area (Å²) in [5.41, 5.74) is 2.31. The standard InChI is InChI=1S/C23H30N2O/c1-2-22(26)24-18-23(20-12-6-3-7-13-20,21-14-8-4-9-15-21)19-25-16-10-5-11-17-25/h3-4,6-9,12-15H,2,5,10-11,16-19H2,1H3,(H,24,26). The van der Waals surface area contributed by atoms with Gasteiger partial charge in [0.25, 0.3) is 0 Å². The number of hydrogen-bond donors (Lipinski definition) is 1. The van der Waals surface area contributed by atoms with Crippen LogP contribution in [0.4, 0.5) is 0 Å². The molecule has 0 bridgehead atoms. The molecule has 0 aromatic heterocycles. The number of likely N-dealkylation sites (tertiary alicyclic amines) is 1. The highest BCUT2D eigenvalue weighted by Gasteiger charge is 2.36. The Bertz CT molecular complexity index is 638. The summed E-state index contributed by atoms with van der Waals surface area (Å²) in [5.74, 6) is 0.111. The largest absolute Gasteiger partial charge is 0.355 e. The van der Waals surface area contributed by atoms with Crippen LogP contribution in [0.3, 0.4) is 0 Å². The highest BCUT2D eigenvalue weighted by atomic mass is 16.1. The van der Waals surface area contributed by atoms with E-state index in [-0.39, 0.29) is 11.3 Å². The van der Waals surface area contributed by atoms with E-state index in [1.807, 2.05) is 6.92 Å². The second kappa shape index (κ2) is 9.00. The van der Waals surface area contributed by atoms with Crippen LogP contribution in [-0.2, 0) is 10.2 Å². The molecule has 1 heterocycles. The number of amides is 1. The van der Waals surface area contributed by atoms with Gasteiger partial charge >= 0.3 is 0 Å². The fourth-order valence-electron chi connectivity index (χ4n) is 4.00. The molecule has 0 radical (unpaired) electrons. The van der Waals surface area contributed by atoms with Crippen molar-refractivity contribution in [1.82, 2.24) is 10.2 Å². The summed E-state index contributed by atoms with van der Waals surface area (Å²) in [6.45, 7) is 5.76. The zero-order valence-electron chi connectivity index (χ0n) is 15.8. The zero-order valence-corrected chi connectivity index (χ0v) is 15.8. The van der Waals surface area contributed by atoms with Gasteiger partial charge in [-0.05, 0) is 37.1 Å². The Morgan fingerprint density at radius 2 is 1.46 bits per heavy atom. The van der Waals surface area contributed by atoms with Gasteiger partial charge in [-0.25, -0.2) is 0 Å². The number of nitrogens with one attached hydrogen (secondary N) is 1. The fraction of sp³-hybridized carbons (Fsp3) is 0.435. The zero-order chi connectivity index (χ0) is 18.2.